The van der Waals surface area contributed by atoms with Crippen molar-refractivity contribution in [1.82, 2.24) is 9.97 Å². The summed E-state index contributed by atoms with van der Waals surface area (Å²) in [5, 5.41) is 31.4. The van der Waals surface area contributed by atoms with Crippen molar-refractivity contribution < 1.29 is 24.3 Å². The van der Waals surface area contributed by atoms with Crippen LogP contribution in [0, 0.1) is 21.4 Å². The number of rotatable bonds is 6. The highest BCUT2D eigenvalue weighted by molar-refractivity contribution is 5.92. The van der Waals surface area contributed by atoms with E-state index in [-0.39, 0.29) is 22.6 Å². The SMILES string of the molecule is N#CC(=C(O)COC(=O)c1ccc(N2CCOCC2)c([N+](=O)[O-])c1)c1nc2ccccc2[nH]1. The number of anilines is 1. The van der Waals surface area contributed by atoms with E-state index in [1.165, 1.54) is 12.1 Å². The van der Waals surface area contributed by atoms with Crippen molar-refractivity contribution in [3.63, 3.8) is 0 Å². The molecular formula is C22H19N5O6. The first-order chi connectivity index (χ1) is 16.0. The number of allylic oxidation sites excluding steroid dienone is 1. The average molecular weight is 449 g/mol. The second kappa shape index (κ2) is 9.37. The molecular weight excluding hydrogens is 430 g/mol. The Morgan fingerprint density at radius 2 is 2.06 bits per heavy atom. The maximum atomic E-state index is 12.5. The minimum Gasteiger partial charge on any atom is -0.507 e. The second-order valence-corrected chi connectivity index (χ2v) is 7.17. The van der Waals surface area contributed by atoms with Gasteiger partial charge in [0, 0.05) is 19.2 Å². The van der Waals surface area contributed by atoms with Crippen LogP contribution in [0.1, 0.15) is 16.2 Å². The number of morpholine rings is 1. The number of carbonyl (C=O) groups excluding carboxylic acids is 1. The van der Waals surface area contributed by atoms with E-state index in [0.29, 0.717) is 43.0 Å². The van der Waals surface area contributed by atoms with Gasteiger partial charge in [0.2, 0.25) is 0 Å². The van der Waals surface area contributed by atoms with Gasteiger partial charge in [0.15, 0.2) is 11.6 Å². The highest BCUT2D eigenvalue weighted by Crippen LogP contribution is 2.30. The molecule has 1 aliphatic heterocycles. The van der Waals surface area contributed by atoms with Crippen LogP contribution in [0.25, 0.3) is 16.6 Å². The number of hydrogen-bond acceptors (Lipinski definition) is 9. The predicted molar refractivity (Wildman–Crippen MR) is 118 cm³/mol. The van der Waals surface area contributed by atoms with E-state index in [4.69, 9.17) is 9.47 Å². The average Bonchev–Trinajstić information content (AvgIpc) is 3.26. The summed E-state index contributed by atoms with van der Waals surface area (Å²) >= 11 is 0. The third-order valence-corrected chi connectivity index (χ3v) is 5.13. The maximum absolute atomic E-state index is 12.5. The van der Waals surface area contributed by atoms with Gasteiger partial charge in [-0.2, -0.15) is 5.26 Å². The minimum absolute atomic E-state index is 0.0474. The lowest BCUT2D eigenvalue weighted by molar-refractivity contribution is -0.384. The zero-order chi connectivity index (χ0) is 23.4. The molecule has 2 N–H and O–H groups in total. The highest BCUT2D eigenvalue weighted by atomic mass is 16.6. The number of imidazole rings is 1. The number of aliphatic hydroxyl groups excluding tert-OH is 1. The number of fused-ring (bicyclic) bond motifs is 1. The largest absolute Gasteiger partial charge is 0.507 e. The summed E-state index contributed by atoms with van der Waals surface area (Å²) in [6, 6.07) is 13.0. The van der Waals surface area contributed by atoms with Gasteiger partial charge in [-0.3, -0.25) is 10.1 Å². The monoisotopic (exact) mass is 449 g/mol. The number of nitro groups is 1. The van der Waals surface area contributed by atoms with Gasteiger partial charge in [0.05, 0.1) is 34.7 Å². The number of H-pyrrole nitrogens is 1. The Hall–Kier alpha value is -4.43. The molecule has 0 radical (unpaired) electrons. The minimum atomic E-state index is -0.875. The predicted octanol–water partition coefficient (Wildman–Crippen LogP) is 2.96. The smallest absolute Gasteiger partial charge is 0.338 e. The molecule has 168 valence electrons. The molecule has 2 aromatic carbocycles. The number of nitro benzene ring substituents is 1. The summed E-state index contributed by atoms with van der Waals surface area (Å²) in [5.74, 6) is -1.23. The van der Waals surface area contributed by atoms with Gasteiger partial charge < -0.3 is 24.5 Å². The van der Waals surface area contributed by atoms with Crippen molar-refractivity contribution in [3.8, 4) is 6.07 Å². The quantitative estimate of drug-likeness (QED) is 0.190. The van der Waals surface area contributed by atoms with E-state index >= 15 is 0 Å². The third-order valence-electron chi connectivity index (χ3n) is 5.13. The number of esters is 1. The number of aliphatic hydroxyl groups is 1. The molecule has 0 saturated carbocycles. The molecule has 1 fully saturated rings. The summed E-state index contributed by atoms with van der Waals surface area (Å²) < 4.78 is 10.4. The lowest BCUT2D eigenvalue weighted by Crippen LogP contribution is -2.36. The topological polar surface area (TPSA) is 155 Å². The van der Waals surface area contributed by atoms with E-state index in [1.807, 2.05) is 11.0 Å². The Labute approximate surface area is 187 Å². The first-order valence-corrected chi connectivity index (χ1v) is 10.0. The van der Waals surface area contributed by atoms with Crippen molar-refractivity contribution >= 4 is 34.0 Å². The highest BCUT2D eigenvalue weighted by Gasteiger charge is 2.24. The number of hydrogen-bond donors (Lipinski definition) is 2. The van der Waals surface area contributed by atoms with Crippen molar-refractivity contribution in [1.29, 1.82) is 5.26 Å². The molecule has 0 amide bonds. The summed E-state index contributed by atoms with van der Waals surface area (Å²) in [6.07, 6.45) is 0. The molecule has 0 spiro atoms. The molecule has 1 aromatic heterocycles. The summed E-state index contributed by atoms with van der Waals surface area (Å²) in [7, 11) is 0. The van der Waals surface area contributed by atoms with Crippen molar-refractivity contribution in [2.75, 3.05) is 37.8 Å². The van der Waals surface area contributed by atoms with Crippen LogP contribution in [-0.2, 0) is 9.47 Å². The number of aromatic amines is 1. The van der Waals surface area contributed by atoms with Gasteiger partial charge in [-0.15, -0.1) is 0 Å². The fourth-order valence-electron chi connectivity index (χ4n) is 3.48. The van der Waals surface area contributed by atoms with Crippen LogP contribution in [0.15, 0.2) is 48.2 Å². The number of aromatic nitrogens is 2. The molecule has 0 unspecified atom stereocenters. The van der Waals surface area contributed by atoms with E-state index in [2.05, 4.69) is 9.97 Å². The fourth-order valence-corrected chi connectivity index (χ4v) is 3.48. The molecule has 1 aliphatic rings. The van der Waals surface area contributed by atoms with Gasteiger partial charge in [-0.25, -0.2) is 9.78 Å². The fraction of sp³-hybridized carbons (Fsp3) is 0.227. The second-order valence-electron chi connectivity index (χ2n) is 7.17. The first kappa shape index (κ1) is 21.8. The third kappa shape index (κ3) is 4.60. The van der Waals surface area contributed by atoms with Crippen molar-refractivity contribution in [2.45, 2.75) is 0 Å². The standard InChI is InChI=1S/C22H19N5O6/c23-12-15(21-24-16-3-1-2-4-17(16)25-21)20(28)13-33-22(29)14-5-6-18(19(11-14)27(30)31)26-7-9-32-10-8-26/h1-6,11,28H,7-10,13H2,(H,24,25). The summed E-state index contributed by atoms with van der Waals surface area (Å²) in [6.45, 7) is 1.32. The maximum Gasteiger partial charge on any atom is 0.338 e. The summed E-state index contributed by atoms with van der Waals surface area (Å²) in [5.41, 5.74) is 1.22. The molecule has 2 heterocycles. The number of benzene rings is 2. The lowest BCUT2D eigenvalue weighted by Gasteiger charge is -2.28. The zero-order valence-corrected chi connectivity index (χ0v) is 17.4. The Bertz CT molecular complexity index is 1250. The molecule has 0 atom stereocenters. The van der Waals surface area contributed by atoms with Crippen LogP contribution < -0.4 is 4.90 Å². The molecule has 33 heavy (non-hydrogen) atoms. The normalized spacial score (nSPS) is 14.5. The number of ether oxygens (including phenoxy) is 2. The van der Waals surface area contributed by atoms with Crippen LogP contribution in [0.2, 0.25) is 0 Å². The Morgan fingerprint density at radius 1 is 1.30 bits per heavy atom. The van der Waals surface area contributed by atoms with Crippen LogP contribution >= 0.6 is 0 Å². The number of para-hydroxylation sites is 2. The van der Waals surface area contributed by atoms with E-state index in [1.54, 1.807) is 24.3 Å². The Kier molecular flexibility index (Phi) is 6.19. The lowest BCUT2D eigenvalue weighted by atomic mass is 10.1. The number of nitriles is 1. The first-order valence-electron chi connectivity index (χ1n) is 10.0. The zero-order valence-electron chi connectivity index (χ0n) is 17.4. The van der Waals surface area contributed by atoms with Gasteiger partial charge >= 0.3 is 5.97 Å². The molecule has 3 aromatic rings. The van der Waals surface area contributed by atoms with Gasteiger partial charge in [-0.1, -0.05) is 12.1 Å². The Morgan fingerprint density at radius 3 is 2.76 bits per heavy atom. The van der Waals surface area contributed by atoms with E-state index in [0.717, 1.165) is 6.07 Å². The number of carbonyl (C=O) groups is 1. The van der Waals surface area contributed by atoms with Gasteiger partial charge in [0.25, 0.3) is 5.69 Å². The molecule has 11 nitrogen and oxygen atoms in total. The van der Waals surface area contributed by atoms with Crippen molar-refractivity contribution in [3.05, 3.63) is 69.7 Å². The van der Waals surface area contributed by atoms with E-state index < -0.39 is 23.3 Å². The Balaban J connectivity index is 1.52. The van der Waals surface area contributed by atoms with Gasteiger partial charge in [0.1, 0.15) is 23.9 Å². The van der Waals surface area contributed by atoms with Crippen LogP contribution in [-0.4, -0.2) is 58.9 Å². The number of nitrogens with zero attached hydrogens (tertiary/aromatic N) is 4. The van der Waals surface area contributed by atoms with E-state index in [9.17, 15) is 25.3 Å². The molecule has 0 bridgehead atoms. The van der Waals surface area contributed by atoms with Gasteiger partial charge in [-0.05, 0) is 24.3 Å². The van der Waals surface area contributed by atoms with Crippen LogP contribution in [0.5, 0.6) is 0 Å². The molecule has 0 aliphatic carbocycles. The van der Waals surface area contributed by atoms with Crippen LogP contribution in [0.3, 0.4) is 0 Å². The number of nitrogens with one attached hydrogen (secondary N) is 1. The molecule has 4 rings (SSSR count). The molecule has 11 heteroatoms. The van der Waals surface area contributed by atoms with Crippen molar-refractivity contribution in [2.24, 2.45) is 0 Å². The summed E-state index contributed by atoms with van der Waals surface area (Å²) in [4.78, 5) is 32.5. The molecule has 1 saturated heterocycles. The van der Waals surface area contributed by atoms with Crippen LogP contribution in [0.4, 0.5) is 11.4 Å².